The number of carbonyl (C=O) groups is 3. The highest BCUT2D eigenvalue weighted by Crippen LogP contribution is 2.10. The Morgan fingerprint density at radius 1 is 0.382 bits per heavy atom. The van der Waals surface area contributed by atoms with Crippen LogP contribution in [0.2, 0.25) is 0 Å². The summed E-state index contributed by atoms with van der Waals surface area (Å²) < 4.78 is 16.5. The normalized spacial score (nSPS) is 13.1. The summed E-state index contributed by atoms with van der Waals surface area (Å²) in [6.45, 7) is 6.18. The van der Waals surface area contributed by atoms with Crippen LogP contribution in [-0.2, 0) is 28.6 Å². The summed E-state index contributed by atoms with van der Waals surface area (Å²) in [5.41, 5.74) is 0. The number of hydrogen-bond acceptors (Lipinski definition) is 6. The van der Waals surface area contributed by atoms with Crippen molar-refractivity contribution >= 4 is 17.9 Å². The molecule has 0 fully saturated rings. The minimum atomic E-state index is -0.847. The maximum atomic E-state index is 12.6. The van der Waals surface area contributed by atoms with Crippen molar-refractivity contribution in [2.75, 3.05) is 13.2 Å². The Kier molecular flexibility index (Phi) is 39.7. The van der Waals surface area contributed by atoms with Crippen LogP contribution in [0.25, 0.3) is 0 Å². The molecule has 0 N–H and O–H groups in total. The molecule has 0 radical (unpaired) electrons. The van der Waals surface area contributed by atoms with E-state index in [4.69, 9.17) is 14.2 Å². The standard InChI is InChI=1S/C49H76O6/c1-4-7-10-13-16-19-22-24-27-30-33-36-39-42-48(51)54-45-46(44-53-47(50)41-38-35-32-29-26-21-18-15-12-9-6-3)55-49(52)43-40-37-34-31-28-25-23-20-17-14-11-8-5-2/h7-8,10-11,15-20,24-25,27-28,33-34,36-37,46H,4-6,9,12-14,21-23,26,29-32,35,38-45H2,1-3H3/b10-7-,11-8-,18-15-,19-16-,20-17-,27-24-,28-25-,36-33-,37-34-. The molecule has 1 atom stereocenters. The van der Waals surface area contributed by atoms with Gasteiger partial charge in [0.05, 0.1) is 0 Å². The van der Waals surface area contributed by atoms with Gasteiger partial charge in [-0.15, -0.1) is 0 Å². The van der Waals surface area contributed by atoms with E-state index < -0.39 is 12.1 Å². The summed E-state index contributed by atoms with van der Waals surface area (Å²) in [5.74, 6) is -1.13. The lowest BCUT2D eigenvalue weighted by atomic mass is 10.1. The van der Waals surface area contributed by atoms with E-state index >= 15 is 0 Å². The number of rotatable bonds is 36. The lowest BCUT2D eigenvalue weighted by Gasteiger charge is -2.18. The maximum absolute atomic E-state index is 12.6. The van der Waals surface area contributed by atoms with Gasteiger partial charge in [-0.3, -0.25) is 14.4 Å². The van der Waals surface area contributed by atoms with Gasteiger partial charge in [0.25, 0.3) is 0 Å². The molecule has 0 heterocycles. The SMILES string of the molecule is CC/C=C\C/C=C\C/C=C\C/C=C\CCC(=O)OCC(COC(=O)CCCCCCC/C=C\CCCC)OC(=O)CC/C=C\C/C=C\C/C=C\C/C=C\CC. The fraction of sp³-hybridized carbons (Fsp3) is 0.571. The van der Waals surface area contributed by atoms with Crippen molar-refractivity contribution < 1.29 is 28.6 Å². The Balaban J connectivity index is 4.63. The van der Waals surface area contributed by atoms with Crippen LogP contribution in [-0.4, -0.2) is 37.2 Å². The number of allylic oxidation sites excluding steroid dienone is 18. The van der Waals surface area contributed by atoms with Gasteiger partial charge in [0.1, 0.15) is 13.2 Å². The largest absolute Gasteiger partial charge is 0.462 e. The Labute approximate surface area is 336 Å². The van der Waals surface area contributed by atoms with Crippen LogP contribution in [0.3, 0.4) is 0 Å². The van der Waals surface area contributed by atoms with Crippen molar-refractivity contribution in [3.63, 3.8) is 0 Å². The number of ether oxygens (including phenoxy) is 3. The summed E-state index contributed by atoms with van der Waals surface area (Å²) in [5, 5.41) is 0. The molecule has 0 bridgehead atoms. The second-order valence-electron chi connectivity index (χ2n) is 13.5. The van der Waals surface area contributed by atoms with Gasteiger partial charge in [0.2, 0.25) is 0 Å². The molecule has 0 amide bonds. The molecule has 308 valence electrons. The average molecular weight is 761 g/mol. The summed E-state index contributed by atoms with van der Waals surface area (Å²) in [4.78, 5) is 37.6. The molecule has 0 saturated heterocycles. The first-order chi connectivity index (χ1) is 27.0. The third-order valence-electron chi connectivity index (χ3n) is 8.27. The summed E-state index contributed by atoms with van der Waals surface area (Å²) in [7, 11) is 0. The van der Waals surface area contributed by atoms with Crippen LogP contribution in [0.5, 0.6) is 0 Å². The highest BCUT2D eigenvalue weighted by molar-refractivity contribution is 5.71. The van der Waals surface area contributed by atoms with Gasteiger partial charge in [-0.1, -0.05) is 162 Å². The number of esters is 3. The van der Waals surface area contributed by atoms with Crippen molar-refractivity contribution in [2.45, 2.75) is 168 Å². The molecular formula is C49H76O6. The van der Waals surface area contributed by atoms with E-state index in [1.54, 1.807) is 0 Å². The first-order valence-corrected chi connectivity index (χ1v) is 21.4. The van der Waals surface area contributed by atoms with Crippen LogP contribution >= 0.6 is 0 Å². The molecule has 6 nitrogen and oxygen atoms in total. The van der Waals surface area contributed by atoms with E-state index in [1.807, 2.05) is 24.3 Å². The van der Waals surface area contributed by atoms with Crippen molar-refractivity contribution in [1.29, 1.82) is 0 Å². The molecule has 55 heavy (non-hydrogen) atoms. The molecule has 0 aromatic carbocycles. The van der Waals surface area contributed by atoms with E-state index in [0.717, 1.165) is 83.5 Å². The van der Waals surface area contributed by atoms with Crippen LogP contribution in [0.15, 0.2) is 109 Å². The van der Waals surface area contributed by atoms with Crippen LogP contribution in [0, 0.1) is 0 Å². The zero-order chi connectivity index (χ0) is 40.1. The lowest BCUT2D eigenvalue weighted by molar-refractivity contribution is -0.166. The average Bonchev–Trinajstić information content (AvgIpc) is 3.18. The summed E-state index contributed by atoms with van der Waals surface area (Å²) >= 11 is 0. The maximum Gasteiger partial charge on any atom is 0.306 e. The summed E-state index contributed by atoms with van der Waals surface area (Å²) in [6.07, 6.45) is 56.7. The smallest absolute Gasteiger partial charge is 0.306 e. The molecule has 0 aromatic heterocycles. The zero-order valence-corrected chi connectivity index (χ0v) is 34.9. The van der Waals surface area contributed by atoms with Gasteiger partial charge in [-0.25, -0.2) is 0 Å². The molecule has 0 rings (SSSR count). The highest BCUT2D eigenvalue weighted by Gasteiger charge is 2.19. The zero-order valence-electron chi connectivity index (χ0n) is 34.9. The fourth-order valence-electron chi connectivity index (χ4n) is 5.09. The third-order valence-corrected chi connectivity index (χ3v) is 8.27. The predicted octanol–water partition coefficient (Wildman–Crippen LogP) is 13.6. The Bertz CT molecular complexity index is 1200. The van der Waals surface area contributed by atoms with Crippen LogP contribution < -0.4 is 0 Å². The molecule has 0 aromatic rings. The fourth-order valence-corrected chi connectivity index (χ4v) is 5.09. The monoisotopic (exact) mass is 761 g/mol. The first-order valence-electron chi connectivity index (χ1n) is 21.4. The van der Waals surface area contributed by atoms with Gasteiger partial charge >= 0.3 is 17.9 Å². The van der Waals surface area contributed by atoms with E-state index in [1.165, 1.54) is 25.7 Å². The first kappa shape index (κ1) is 51.1. The molecule has 0 aliphatic rings. The van der Waals surface area contributed by atoms with E-state index in [9.17, 15) is 14.4 Å². The Hall–Kier alpha value is -3.93. The van der Waals surface area contributed by atoms with Gasteiger partial charge in [-0.2, -0.15) is 0 Å². The quantitative estimate of drug-likeness (QED) is 0.0274. The van der Waals surface area contributed by atoms with Crippen molar-refractivity contribution in [3.8, 4) is 0 Å². The number of hydrogen-bond donors (Lipinski definition) is 0. The van der Waals surface area contributed by atoms with E-state index in [0.29, 0.717) is 19.3 Å². The predicted molar refractivity (Wildman–Crippen MR) is 233 cm³/mol. The second kappa shape index (κ2) is 42.8. The number of unbranched alkanes of at least 4 members (excludes halogenated alkanes) is 7. The second-order valence-corrected chi connectivity index (χ2v) is 13.5. The third kappa shape index (κ3) is 41.1. The summed E-state index contributed by atoms with van der Waals surface area (Å²) in [6, 6.07) is 0. The Morgan fingerprint density at radius 2 is 0.745 bits per heavy atom. The molecule has 1 unspecified atom stereocenters. The number of carbonyl (C=O) groups excluding carboxylic acids is 3. The van der Waals surface area contributed by atoms with Gasteiger partial charge < -0.3 is 14.2 Å². The van der Waals surface area contributed by atoms with Gasteiger partial charge in [-0.05, 0) is 89.9 Å². The molecule has 0 saturated carbocycles. The van der Waals surface area contributed by atoms with Gasteiger partial charge in [0.15, 0.2) is 6.10 Å². The molecular weight excluding hydrogens is 685 g/mol. The Morgan fingerprint density at radius 3 is 1.22 bits per heavy atom. The molecule has 6 heteroatoms. The van der Waals surface area contributed by atoms with Crippen molar-refractivity contribution in [2.24, 2.45) is 0 Å². The van der Waals surface area contributed by atoms with Gasteiger partial charge in [0, 0.05) is 19.3 Å². The lowest BCUT2D eigenvalue weighted by Crippen LogP contribution is -2.30. The van der Waals surface area contributed by atoms with E-state index in [2.05, 4.69) is 106 Å². The van der Waals surface area contributed by atoms with Crippen LogP contribution in [0.1, 0.15) is 162 Å². The molecule has 0 aliphatic heterocycles. The topological polar surface area (TPSA) is 78.9 Å². The van der Waals surface area contributed by atoms with Crippen molar-refractivity contribution in [1.82, 2.24) is 0 Å². The minimum absolute atomic E-state index is 0.136. The highest BCUT2D eigenvalue weighted by atomic mass is 16.6. The van der Waals surface area contributed by atoms with E-state index in [-0.39, 0.29) is 38.0 Å². The minimum Gasteiger partial charge on any atom is -0.462 e. The van der Waals surface area contributed by atoms with Crippen LogP contribution in [0.4, 0.5) is 0 Å². The molecule has 0 spiro atoms. The molecule has 0 aliphatic carbocycles. The van der Waals surface area contributed by atoms with Crippen molar-refractivity contribution in [3.05, 3.63) is 109 Å².